The lowest BCUT2D eigenvalue weighted by Crippen LogP contribution is -2.21. The molecule has 2 nitrogen and oxygen atoms in total. The van der Waals surface area contributed by atoms with Gasteiger partial charge in [-0.1, -0.05) is 6.07 Å². The number of rotatable bonds is 1. The second-order valence-corrected chi connectivity index (χ2v) is 4.14. The van der Waals surface area contributed by atoms with Gasteiger partial charge in [-0.3, -0.25) is 4.98 Å². The van der Waals surface area contributed by atoms with Crippen LogP contribution in [0.25, 0.3) is 0 Å². The Morgan fingerprint density at radius 1 is 1.38 bits per heavy atom. The average Bonchev–Trinajstić information content (AvgIpc) is 2.17. The van der Waals surface area contributed by atoms with Crippen molar-refractivity contribution in [3.05, 3.63) is 29.1 Å². The Labute approximate surface area is 91.7 Å². The summed E-state index contributed by atoms with van der Waals surface area (Å²) in [7, 11) is 0. The van der Waals surface area contributed by atoms with Gasteiger partial charge in [0.15, 0.2) is 0 Å². The maximum Gasteiger partial charge on any atom is 0.394 e. The monoisotopic (exact) mass is 230 g/mol. The third-order valence-electron chi connectivity index (χ3n) is 2.76. The molecule has 0 saturated heterocycles. The summed E-state index contributed by atoms with van der Waals surface area (Å²) in [6.07, 6.45) is -2.54. The molecule has 1 aromatic rings. The van der Waals surface area contributed by atoms with Crippen LogP contribution in [0, 0.1) is 0 Å². The number of aryl methyl sites for hydroxylation is 1. The molecule has 2 N–H and O–H groups in total. The maximum absolute atomic E-state index is 12.2. The molecule has 0 saturated carbocycles. The number of fused-ring (bicyclic) bond motifs is 1. The fourth-order valence-electron chi connectivity index (χ4n) is 2.03. The second-order valence-electron chi connectivity index (χ2n) is 4.14. The van der Waals surface area contributed by atoms with Crippen molar-refractivity contribution < 1.29 is 13.2 Å². The van der Waals surface area contributed by atoms with Crippen LogP contribution in [0.3, 0.4) is 0 Å². The minimum atomic E-state index is -4.21. The van der Waals surface area contributed by atoms with Gasteiger partial charge >= 0.3 is 6.18 Å². The zero-order valence-corrected chi connectivity index (χ0v) is 8.72. The molecule has 0 spiro atoms. The number of hydrogen-bond acceptors (Lipinski definition) is 2. The Hall–Kier alpha value is -1.10. The van der Waals surface area contributed by atoms with E-state index in [2.05, 4.69) is 4.98 Å². The van der Waals surface area contributed by atoms with Crippen molar-refractivity contribution in [3.8, 4) is 0 Å². The lowest BCUT2D eigenvalue weighted by atomic mass is 9.92. The molecule has 1 aromatic heterocycles. The first-order valence-corrected chi connectivity index (χ1v) is 5.27. The molecule has 0 bridgehead atoms. The van der Waals surface area contributed by atoms with Gasteiger partial charge in [-0.05, 0) is 30.9 Å². The molecular weight excluding hydrogens is 217 g/mol. The number of nitrogens with zero attached hydrogens (tertiary/aromatic N) is 1. The minimum absolute atomic E-state index is 0.0589. The third kappa shape index (κ3) is 2.52. The number of hydrogen-bond donors (Lipinski definition) is 1. The normalized spacial score (nSPS) is 20.6. The molecule has 88 valence electrons. The fourth-order valence-corrected chi connectivity index (χ4v) is 2.03. The molecular formula is C11H13F3N2. The summed E-state index contributed by atoms with van der Waals surface area (Å²) in [5, 5.41) is 0. The molecule has 0 fully saturated rings. The van der Waals surface area contributed by atoms with E-state index in [-0.39, 0.29) is 11.7 Å². The predicted octanol–water partition coefficient (Wildman–Crippen LogP) is 2.52. The van der Waals surface area contributed by atoms with E-state index in [0.29, 0.717) is 5.69 Å². The topological polar surface area (TPSA) is 38.9 Å². The van der Waals surface area contributed by atoms with E-state index < -0.39 is 12.6 Å². The highest BCUT2D eigenvalue weighted by molar-refractivity contribution is 5.28. The van der Waals surface area contributed by atoms with Crippen LogP contribution in [0.5, 0.6) is 0 Å². The smallest absolute Gasteiger partial charge is 0.323 e. The van der Waals surface area contributed by atoms with Gasteiger partial charge in [0.25, 0.3) is 0 Å². The lowest BCUT2D eigenvalue weighted by Gasteiger charge is -2.21. The summed E-state index contributed by atoms with van der Waals surface area (Å²) in [5.41, 5.74) is 7.53. The van der Waals surface area contributed by atoms with E-state index in [9.17, 15) is 13.2 Å². The van der Waals surface area contributed by atoms with Crippen LogP contribution < -0.4 is 5.73 Å². The Morgan fingerprint density at radius 3 is 2.81 bits per heavy atom. The van der Waals surface area contributed by atoms with Crippen LogP contribution in [-0.4, -0.2) is 11.2 Å². The number of nitrogens with two attached hydrogens (primary N) is 1. The van der Waals surface area contributed by atoms with Crippen molar-refractivity contribution in [1.82, 2.24) is 4.98 Å². The van der Waals surface area contributed by atoms with E-state index >= 15 is 0 Å². The Kier molecular flexibility index (Phi) is 2.88. The Bertz CT molecular complexity index is 387. The standard InChI is InChI=1S/C11H13F3N2/c12-11(13,14)6-8-5-4-7-2-1-3-9(15)10(7)16-8/h4-5,9H,1-3,6,15H2. The molecule has 16 heavy (non-hydrogen) atoms. The number of pyridine rings is 1. The number of aromatic nitrogens is 1. The Balaban J connectivity index is 2.27. The van der Waals surface area contributed by atoms with Gasteiger partial charge < -0.3 is 5.73 Å². The summed E-state index contributed by atoms with van der Waals surface area (Å²) in [4.78, 5) is 4.03. The largest absolute Gasteiger partial charge is 0.394 e. The van der Waals surface area contributed by atoms with E-state index in [0.717, 1.165) is 24.8 Å². The summed E-state index contributed by atoms with van der Waals surface area (Å²) in [5.74, 6) is 0. The van der Waals surface area contributed by atoms with Crippen LogP contribution >= 0.6 is 0 Å². The van der Waals surface area contributed by atoms with Gasteiger partial charge in [0.2, 0.25) is 0 Å². The van der Waals surface area contributed by atoms with E-state index in [1.54, 1.807) is 6.07 Å². The number of halogens is 3. The fraction of sp³-hybridized carbons (Fsp3) is 0.545. The summed E-state index contributed by atoms with van der Waals surface area (Å²) >= 11 is 0. The van der Waals surface area contributed by atoms with Crippen molar-refractivity contribution in [2.24, 2.45) is 5.73 Å². The molecule has 1 atom stereocenters. The van der Waals surface area contributed by atoms with E-state index in [1.807, 2.05) is 0 Å². The Morgan fingerprint density at radius 2 is 2.12 bits per heavy atom. The SMILES string of the molecule is NC1CCCc2ccc(CC(F)(F)F)nc21. The highest BCUT2D eigenvalue weighted by Gasteiger charge is 2.29. The van der Waals surface area contributed by atoms with Crippen LogP contribution in [0.15, 0.2) is 12.1 Å². The first-order valence-electron chi connectivity index (χ1n) is 5.27. The first kappa shape index (κ1) is 11.4. The van der Waals surface area contributed by atoms with Gasteiger partial charge in [0.05, 0.1) is 12.1 Å². The molecule has 1 heterocycles. The van der Waals surface area contributed by atoms with Crippen LogP contribution in [-0.2, 0) is 12.8 Å². The predicted molar refractivity (Wildman–Crippen MR) is 53.9 cm³/mol. The van der Waals surface area contributed by atoms with Crippen molar-refractivity contribution in [3.63, 3.8) is 0 Å². The van der Waals surface area contributed by atoms with Crippen molar-refractivity contribution >= 4 is 0 Å². The molecule has 5 heteroatoms. The highest BCUT2D eigenvalue weighted by Crippen LogP contribution is 2.28. The summed E-state index contributed by atoms with van der Waals surface area (Å²) in [6, 6.07) is 2.96. The van der Waals surface area contributed by atoms with Crippen molar-refractivity contribution in [1.29, 1.82) is 0 Å². The first-order chi connectivity index (χ1) is 7.46. The van der Waals surface area contributed by atoms with Crippen molar-refractivity contribution in [2.45, 2.75) is 37.9 Å². The number of alkyl halides is 3. The zero-order valence-electron chi connectivity index (χ0n) is 8.72. The van der Waals surface area contributed by atoms with Gasteiger partial charge in [-0.15, -0.1) is 0 Å². The molecule has 0 radical (unpaired) electrons. The highest BCUT2D eigenvalue weighted by atomic mass is 19.4. The van der Waals surface area contributed by atoms with Crippen LogP contribution in [0.4, 0.5) is 13.2 Å². The van der Waals surface area contributed by atoms with Crippen LogP contribution in [0.1, 0.15) is 35.8 Å². The summed E-state index contributed by atoms with van der Waals surface area (Å²) < 4.78 is 36.6. The zero-order chi connectivity index (χ0) is 11.8. The second kappa shape index (κ2) is 4.05. The van der Waals surface area contributed by atoms with Gasteiger partial charge in [0, 0.05) is 11.7 Å². The third-order valence-corrected chi connectivity index (χ3v) is 2.76. The molecule has 0 aromatic carbocycles. The molecule has 1 unspecified atom stereocenters. The molecule has 0 amide bonds. The molecule has 1 aliphatic carbocycles. The van der Waals surface area contributed by atoms with Crippen LogP contribution in [0.2, 0.25) is 0 Å². The molecule has 2 rings (SSSR count). The molecule has 0 aliphatic heterocycles. The van der Waals surface area contributed by atoms with Gasteiger partial charge in [-0.2, -0.15) is 13.2 Å². The van der Waals surface area contributed by atoms with E-state index in [1.165, 1.54) is 6.07 Å². The van der Waals surface area contributed by atoms with Crippen molar-refractivity contribution in [2.75, 3.05) is 0 Å². The van der Waals surface area contributed by atoms with Gasteiger partial charge in [-0.25, -0.2) is 0 Å². The quantitative estimate of drug-likeness (QED) is 0.805. The lowest BCUT2D eigenvalue weighted by molar-refractivity contribution is -0.127. The van der Waals surface area contributed by atoms with E-state index in [4.69, 9.17) is 5.73 Å². The minimum Gasteiger partial charge on any atom is -0.323 e. The van der Waals surface area contributed by atoms with Gasteiger partial charge in [0.1, 0.15) is 0 Å². The molecule has 1 aliphatic rings. The summed E-state index contributed by atoms with van der Waals surface area (Å²) in [6.45, 7) is 0. The maximum atomic E-state index is 12.2. The average molecular weight is 230 g/mol.